The van der Waals surface area contributed by atoms with Crippen LogP contribution >= 0.6 is 0 Å². The quantitative estimate of drug-likeness (QED) is 0.618. The smallest absolute Gasteiger partial charge is 0.193 e. The number of ketones is 2. The first-order chi connectivity index (χ1) is 14.7. The van der Waals surface area contributed by atoms with Crippen molar-refractivity contribution in [2.24, 2.45) is 0 Å². The number of carbonyl (C=O) groups is 2. The Hall–Kier alpha value is -3.73. The van der Waals surface area contributed by atoms with Gasteiger partial charge in [-0.05, 0) is 48.7 Å². The molecular weight excluding hydrogens is 374 g/mol. The van der Waals surface area contributed by atoms with Gasteiger partial charge in [0, 0.05) is 41.2 Å². The highest BCUT2D eigenvalue weighted by molar-refractivity contribution is 6.10. The Balaban J connectivity index is 1.58. The van der Waals surface area contributed by atoms with E-state index in [1.165, 1.54) is 0 Å². The number of benzene rings is 2. The molecule has 5 heteroatoms. The molecule has 2 N–H and O–H groups in total. The molecule has 2 aromatic carbocycles. The number of fused-ring (bicyclic) bond motifs is 1. The highest BCUT2D eigenvalue weighted by Gasteiger charge is 2.32. The van der Waals surface area contributed by atoms with Crippen LogP contribution in [-0.4, -0.2) is 16.6 Å². The average Bonchev–Trinajstić information content (AvgIpc) is 2.96. The topological polar surface area (TPSA) is 71.1 Å². The molecule has 0 spiro atoms. The van der Waals surface area contributed by atoms with Crippen molar-refractivity contribution in [1.29, 1.82) is 0 Å². The molecular formula is C25H21N3O2. The molecule has 1 unspecified atom stereocenters. The molecule has 1 aliphatic carbocycles. The first kappa shape index (κ1) is 18.3. The van der Waals surface area contributed by atoms with Crippen LogP contribution in [0.1, 0.15) is 46.8 Å². The lowest BCUT2D eigenvalue weighted by molar-refractivity contribution is -0.116. The van der Waals surface area contributed by atoms with Gasteiger partial charge in [0.2, 0.25) is 0 Å². The molecule has 0 bridgehead atoms. The minimum Gasteiger partial charge on any atom is -0.372 e. The van der Waals surface area contributed by atoms with Crippen LogP contribution in [0, 0.1) is 0 Å². The summed E-state index contributed by atoms with van der Waals surface area (Å²) in [6.45, 7) is 0. The number of carbonyl (C=O) groups excluding carboxylic acids is 2. The lowest BCUT2D eigenvalue weighted by atomic mass is 9.87. The number of hydrogen-bond acceptors (Lipinski definition) is 5. The van der Waals surface area contributed by atoms with Gasteiger partial charge >= 0.3 is 0 Å². The molecule has 0 fully saturated rings. The minimum absolute atomic E-state index is 0.0240. The second-order valence-electron chi connectivity index (χ2n) is 7.61. The Kier molecular flexibility index (Phi) is 4.64. The molecule has 2 aliphatic rings. The lowest BCUT2D eigenvalue weighted by Gasteiger charge is -2.25. The van der Waals surface area contributed by atoms with Crippen LogP contribution in [0.25, 0.3) is 0 Å². The van der Waals surface area contributed by atoms with Gasteiger partial charge in [0.25, 0.3) is 0 Å². The Morgan fingerprint density at radius 3 is 2.50 bits per heavy atom. The van der Waals surface area contributed by atoms with E-state index < -0.39 is 0 Å². The summed E-state index contributed by atoms with van der Waals surface area (Å²) in [6, 6.07) is 18.5. The summed E-state index contributed by atoms with van der Waals surface area (Å²) in [5.41, 5.74) is 5.65. The van der Waals surface area contributed by atoms with Crippen molar-refractivity contribution in [3.8, 4) is 0 Å². The molecule has 5 rings (SSSR count). The summed E-state index contributed by atoms with van der Waals surface area (Å²) in [4.78, 5) is 29.9. The Morgan fingerprint density at radius 1 is 0.900 bits per heavy atom. The summed E-state index contributed by atoms with van der Waals surface area (Å²) in [7, 11) is 0. The lowest BCUT2D eigenvalue weighted by Crippen LogP contribution is -2.23. The monoisotopic (exact) mass is 395 g/mol. The van der Waals surface area contributed by atoms with Gasteiger partial charge in [0.1, 0.15) is 0 Å². The van der Waals surface area contributed by atoms with E-state index in [1.54, 1.807) is 12.4 Å². The summed E-state index contributed by atoms with van der Waals surface area (Å²) in [5.74, 6) is 0.135. The van der Waals surface area contributed by atoms with Gasteiger partial charge in [-0.1, -0.05) is 30.3 Å². The number of pyridine rings is 1. The molecule has 148 valence electrons. The molecule has 30 heavy (non-hydrogen) atoms. The summed E-state index contributed by atoms with van der Waals surface area (Å²) >= 11 is 0. The summed E-state index contributed by atoms with van der Waals surface area (Å²) in [5, 5.41) is 7.00. The number of anilines is 2. The van der Waals surface area contributed by atoms with Crippen molar-refractivity contribution in [1.82, 2.24) is 4.98 Å². The van der Waals surface area contributed by atoms with Crippen LogP contribution in [0.2, 0.25) is 0 Å². The normalized spacial score (nSPS) is 17.9. The molecule has 1 aromatic heterocycles. The van der Waals surface area contributed by atoms with E-state index in [0.717, 1.165) is 41.1 Å². The first-order valence-corrected chi connectivity index (χ1v) is 10.1. The molecule has 5 nitrogen and oxygen atoms in total. The molecule has 2 heterocycles. The zero-order valence-corrected chi connectivity index (χ0v) is 16.4. The van der Waals surface area contributed by atoms with Crippen LogP contribution in [0.15, 0.2) is 84.3 Å². The zero-order chi connectivity index (χ0) is 20.5. The molecule has 0 radical (unpaired) electrons. The number of nitrogens with one attached hydrogen (secondary N) is 2. The van der Waals surface area contributed by atoms with Gasteiger partial charge in [-0.25, -0.2) is 0 Å². The van der Waals surface area contributed by atoms with Crippen molar-refractivity contribution in [2.45, 2.75) is 25.3 Å². The van der Waals surface area contributed by atoms with E-state index in [9.17, 15) is 9.59 Å². The first-order valence-electron chi connectivity index (χ1n) is 10.1. The molecule has 1 atom stereocenters. The SMILES string of the molecule is O=C1CCCC2=C1C(c1ccncc1)Nc1ccc(C(=O)c3ccccc3)cc1N2. The molecule has 3 aromatic rings. The van der Waals surface area contributed by atoms with Crippen LogP contribution in [-0.2, 0) is 4.79 Å². The largest absolute Gasteiger partial charge is 0.372 e. The summed E-state index contributed by atoms with van der Waals surface area (Å²) in [6.07, 6.45) is 5.67. The standard InChI is InChI=1S/C25H21N3O2/c29-22-8-4-7-20-23(22)24(16-11-13-26-14-12-16)28-19-10-9-18(15-21(19)27-20)25(30)17-5-2-1-3-6-17/h1-3,5-6,9-15,24,27-28H,4,7-8H2. The maximum absolute atomic E-state index is 12.9. The van der Waals surface area contributed by atoms with E-state index in [0.29, 0.717) is 17.5 Å². The Labute approximate surface area is 174 Å². The average molecular weight is 395 g/mol. The highest BCUT2D eigenvalue weighted by atomic mass is 16.1. The van der Waals surface area contributed by atoms with Crippen molar-refractivity contribution in [3.05, 3.63) is 101 Å². The van der Waals surface area contributed by atoms with Gasteiger partial charge in [0.05, 0.1) is 17.4 Å². The molecule has 0 saturated heterocycles. The van der Waals surface area contributed by atoms with E-state index in [1.807, 2.05) is 60.7 Å². The van der Waals surface area contributed by atoms with E-state index in [-0.39, 0.29) is 17.6 Å². The number of Topliss-reactive ketones (excluding diaryl/α,β-unsaturated/α-hetero) is 1. The van der Waals surface area contributed by atoms with Gasteiger partial charge in [-0.2, -0.15) is 0 Å². The van der Waals surface area contributed by atoms with E-state index in [4.69, 9.17) is 0 Å². The zero-order valence-electron chi connectivity index (χ0n) is 16.4. The van der Waals surface area contributed by atoms with Crippen molar-refractivity contribution in [2.75, 3.05) is 10.6 Å². The predicted octanol–water partition coefficient (Wildman–Crippen LogP) is 4.90. The third-order valence-electron chi connectivity index (χ3n) is 5.69. The second-order valence-corrected chi connectivity index (χ2v) is 7.61. The maximum atomic E-state index is 12.9. The van der Waals surface area contributed by atoms with Gasteiger partial charge < -0.3 is 10.6 Å². The van der Waals surface area contributed by atoms with Gasteiger partial charge in [-0.15, -0.1) is 0 Å². The van der Waals surface area contributed by atoms with E-state index >= 15 is 0 Å². The van der Waals surface area contributed by atoms with Gasteiger partial charge in [-0.3, -0.25) is 14.6 Å². The number of aromatic nitrogens is 1. The van der Waals surface area contributed by atoms with Crippen molar-refractivity contribution >= 4 is 22.9 Å². The van der Waals surface area contributed by atoms with Crippen LogP contribution < -0.4 is 10.6 Å². The number of rotatable bonds is 3. The fourth-order valence-corrected chi connectivity index (χ4v) is 4.20. The van der Waals surface area contributed by atoms with E-state index in [2.05, 4.69) is 15.6 Å². The van der Waals surface area contributed by atoms with Crippen molar-refractivity contribution < 1.29 is 9.59 Å². The second kappa shape index (κ2) is 7.59. The number of hydrogen-bond donors (Lipinski definition) is 2. The van der Waals surface area contributed by atoms with Gasteiger partial charge in [0.15, 0.2) is 11.6 Å². The Morgan fingerprint density at radius 2 is 1.70 bits per heavy atom. The summed E-state index contributed by atoms with van der Waals surface area (Å²) < 4.78 is 0. The van der Waals surface area contributed by atoms with Crippen LogP contribution in [0.4, 0.5) is 11.4 Å². The predicted molar refractivity (Wildman–Crippen MR) is 116 cm³/mol. The molecule has 0 saturated carbocycles. The fraction of sp³-hybridized carbons (Fsp3) is 0.160. The Bertz CT molecular complexity index is 1150. The third-order valence-corrected chi connectivity index (χ3v) is 5.69. The fourth-order valence-electron chi connectivity index (χ4n) is 4.20. The number of nitrogens with zero attached hydrogens (tertiary/aromatic N) is 1. The third kappa shape index (κ3) is 3.28. The highest BCUT2D eigenvalue weighted by Crippen LogP contribution is 2.40. The van der Waals surface area contributed by atoms with Crippen LogP contribution in [0.5, 0.6) is 0 Å². The van der Waals surface area contributed by atoms with Crippen molar-refractivity contribution in [3.63, 3.8) is 0 Å². The molecule has 1 aliphatic heterocycles. The van der Waals surface area contributed by atoms with Crippen LogP contribution in [0.3, 0.4) is 0 Å². The number of allylic oxidation sites excluding steroid dienone is 1. The minimum atomic E-state index is -0.250. The maximum Gasteiger partial charge on any atom is 0.193 e. The molecule has 0 amide bonds.